The molecule has 0 aliphatic carbocycles. The van der Waals surface area contributed by atoms with E-state index in [9.17, 15) is 14.0 Å². The maximum Gasteiger partial charge on any atom is 0.325 e. The first-order chi connectivity index (χ1) is 7.52. The molecule has 3 amide bonds. The fourth-order valence-electron chi connectivity index (χ4n) is 0.907. The van der Waals surface area contributed by atoms with E-state index < -0.39 is 17.8 Å². The molecule has 86 valence electrons. The van der Waals surface area contributed by atoms with E-state index >= 15 is 0 Å². The standard InChI is InChI=1S/C9H7Cl2FN2O2/c10-4-8(15)14-9(16)13-7-3-5(11)1-2-6(7)12/h1-3H,4H2,(H2,13,14,15,16). The summed E-state index contributed by atoms with van der Waals surface area (Å²) < 4.78 is 13.1. The van der Waals surface area contributed by atoms with E-state index in [1.54, 1.807) is 0 Å². The highest BCUT2D eigenvalue weighted by molar-refractivity contribution is 6.31. The summed E-state index contributed by atoms with van der Waals surface area (Å²) in [6.07, 6.45) is 0. The van der Waals surface area contributed by atoms with Crippen molar-refractivity contribution in [3.05, 3.63) is 29.0 Å². The Bertz CT molecular complexity index is 426. The number of carbonyl (C=O) groups is 2. The largest absolute Gasteiger partial charge is 0.325 e. The number of hydrogen-bond donors (Lipinski definition) is 2. The van der Waals surface area contributed by atoms with Crippen LogP contribution in [0.25, 0.3) is 0 Å². The second-order valence-electron chi connectivity index (χ2n) is 2.76. The van der Waals surface area contributed by atoms with E-state index in [4.69, 9.17) is 23.2 Å². The van der Waals surface area contributed by atoms with Crippen LogP contribution in [0.1, 0.15) is 0 Å². The van der Waals surface area contributed by atoms with Crippen LogP contribution in [0.15, 0.2) is 18.2 Å². The number of benzene rings is 1. The monoisotopic (exact) mass is 264 g/mol. The normalized spacial score (nSPS) is 9.69. The van der Waals surface area contributed by atoms with Crippen molar-refractivity contribution in [1.29, 1.82) is 0 Å². The molecule has 0 saturated heterocycles. The molecule has 0 radical (unpaired) electrons. The van der Waals surface area contributed by atoms with Crippen molar-refractivity contribution in [3.63, 3.8) is 0 Å². The molecule has 0 atom stereocenters. The molecule has 1 rings (SSSR count). The lowest BCUT2D eigenvalue weighted by atomic mass is 10.3. The SMILES string of the molecule is O=C(CCl)NC(=O)Nc1cc(Cl)ccc1F. The van der Waals surface area contributed by atoms with Gasteiger partial charge in [-0.3, -0.25) is 10.1 Å². The summed E-state index contributed by atoms with van der Waals surface area (Å²) >= 11 is 10.8. The van der Waals surface area contributed by atoms with Gasteiger partial charge >= 0.3 is 6.03 Å². The Balaban J connectivity index is 2.69. The molecular formula is C9H7Cl2FN2O2. The van der Waals surface area contributed by atoms with Gasteiger partial charge in [0.15, 0.2) is 0 Å². The number of rotatable bonds is 2. The molecule has 16 heavy (non-hydrogen) atoms. The highest BCUT2D eigenvalue weighted by atomic mass is 35.5. The van der Waals surface area contributed by atoms with Crippen molar-refractivity contribution >= 4 is 40.8 Å². The molecule has 1 aromatic rings. The zero-order chi connectivity index (χ0) is 12.1. The van der Waals surface area contributed by atoms with Gasteiger partial charge in [-0.05, 0) is 18.2 Å². The number of urea groups is 1. The molecule has 0 saturated carbocycles. The Labute approximate surface area is 101 Å². The lowest BCUT2D eigenvalue weighted by molar-refractivity contribution is -0.117. The molecule has 0 spiro atoms. The van der Waals surface area contributed by atoms with Crippen molar-refractivity contribution in [2.75, 3.05) is 11.2 Å². The molecule has 0 aliphatic rings. The van der Waals surface area contributed by atoms with Crippen LogP contribution in [0.5, 0.6) is 0 Å². The molecule has 0 aromatic heterocycles. The quantitative estimate of drug-likeness (QED) is 0.806. The van der Waals surface area contributed by atoms with Crippen LogP contribution in [0.2, 0.25) is 5.02 Å². The second kappa shape index (κ2) is 5.67. The first-order valence-corrected chi connectivity index (χ1v) is 5.06. The highest BCUT2D eigenvalue weighted by Gasteiger charge is 2.09. The second-order valence-corrected chi connectivity index (χ2v) is 3.46. The van der Waals surface area contributed by atoms with Gasteiger partial charge in [0.2, 0.25) is 5.91 Å². The van der Waals surface area contributed by atoms with Gasteiger partial charge in [0, 0.05) is 5.02 Å². The topological polar surface area (TPSA) is 58.2 Å². The molecular weight excluding hydrogens is 258 g/mol. The van der Waals surface area contributed by atoms with E-state index in [1.807, 2.05) is 5.32 Å². The lowest BCUT2D eigenvalue weighted by Crippen LogP contribution is -2.35. The minimum atomic E-state index is -0.869. The molecule has 0 unspecified atom stereocenters. The average Bonchev–Trinajstić information content (AvgIpc) is 2.23. The van der Waals surface area contributed by atoms with Gasteiger partial charge < -0.3 is 5.32 Å². The summed E-state index contributed by atoms with van der Waals surface area (Å²) in [7, 11) is 0. The summed E-state index contributed by atoms with van der Waals surface area (Å²) in [5.41, 5.74) is -0.118. The fourth-order valence-corrected chi connectivity index (χ4v) is 1.15. The zero-order valence-electron chi connectivity index (χ0n) is 7.89. The molecule has 4 nitrogen and oxygen atoms in total. The summed E-state index contributed by atoms with van der Waals surface area (Å²) in [6.45, 7) is 0. The third kappa shape index (κ3) is 3.67. The number of halogens is 3. The molecule has 0 bridgehead atoms. The Morgan fingerprint density at radius 1 is 1.38 bits per heavy atom. The van der Waals surface area contributed by atoms with Crippen LogP contribution < -0.4 is 10.6 Å². The molecule has 0 fully saturated rings. The minimum absolute atomic E-state index is 0.118. The summed E-state index contributed by atoms with van der Waals surface area (Å²) in [5.74, 6) is -1.69. The summed E-state index contributed by atoms with van der Waals surface area (Å²) in [6, 6.07) is 2.79. The Kier molecular flexibility index (Phi) is 4.52. The van der Waals surface area contributed by atoms with Gasteiger partial charge in [0.25, 0.3) is 0 Å². The van der Waals surface area contributed by atoms with E-state index in [1.165, 1.54) is 12.1 Å². The fraction of sp³-hybridized carbons (Fsp3) is 0.111. The van der Waals surface area contributed by atoms with Crippen LogP contribution >= 0.6 is 23.2 Å². The number of hydrogen-bond acceptors (Lipinski definition) is 2. The minimum Gasteiger partial charge on any atom is -0.305 e. The first-order valence-electron chi connectivity index (χ1n) is 4.15. The predicted octanol–water partition coefficient (Wildman–Crippen LogP) is 2.37. The van der Waals surface area contributed by atoms with Crippen LogP contribution in [0.4, 0.5) is 14.9 Å². The number of carbonyl (C=O) groups excluding carboxylic acids is 2. The summed E-state index contributed by atoms with van der Waals surface area (Å²) in [5, 5.41) is 4.29. The van der Waals surface area contributed by atoms with Crippen molar-refractivity contribution in [2.24, 2.45) is 0 Å². The van der Waals surface area contributed by atoms with Gasteiger partial charge in [-0.1, -0.05) is 11.6 Å². The van der Waals surface area contributed by atoms with Gasteiger partial charge in [-0.25, -0.2) is 9.18 Å². The molecule has 2 N–H and O–H groups in total. The molecule has 0 aliphatic heterocycles. The molecule has 7 heteroatoms. The Morgan fingerprint density at radius 3 is 2.69 bits per heavy atom. The highest BCUT2D eigenvalue weighted by Crippen LogP contribution is 2.19. The van der Waals surface area contributed by atoms with E-state index in [0.29, 0.717) is 0 Å². The van der Waals surface area contributed by atoms with Crippen LogP contribution in [0.3, 0.4) is 0 Å². The van der Waals surface area contributed by atoms with Crippen molar-refractivity contribution in [2.45, 2.75) is 0 Å². The van der Waals surface area contributed by atoms with Crippen molar-refractivity contribution in [1.82, 2.24) is 5.32 Å². The number of amides is 3. The smallest absolute Gasteiger partial charge is 0.305 e. The number of nitrogens with one attached hydrogen (secondary N) is 2. The van der Waals surface area contributed by atoms with E-state index in [2.05, 4.69) is 5.32 Å². The molecule has 0 heterocycles. The van der Waals surface area contributed by atoms with Crippen molar-refractivity contribution in [3.8, 4) is 0 Å². The van der Waals surface area contributed by atoms with E-state index in [0.717, 1.165) is 6.07 Å². The van der Waals surface area contributed by atoms with Gasteiger partial charge in [0.1, 0.15) is 11.7 Å². The number of anilines is 1. The van der Waals surface area contributed by atoms with Crippen molar-refractivity contribution < 1.29 is 14.0 Å². The maximum absolute atomic E-state index is 13.1. The average molecular weight is 265 g/mol. The lowest BCUT2D eigenvalue weighted by Gasteiger charge is -2.06. The van der Waals surface area contributed by atoms with Gasteiger partial charge in [-0.2, -0.15) is 0 Å². The maximum atomic E-state index is 13.1. The third-order valence-corrected chi connectivity index (χ3v) is 2.03. The third-order valence-electron chi connectivity index (χ3n) is 1.55. The predicted molar refractivity (Wildman–Crippen MR) is 59.3 cm³/mol. The Hall–Kier alpha value is -1.33. The van der Waals surface area contributed by atoms with E-state index in [-0.39, 0.29) is 16.6 Å². The zero-order valence-corrected chi connectivity index (χ0v) is 9.40. The Morgan fingerprint density at radius 2 is 2.06 bits per heavy atom. The molecule has 1 aromatic carbocycles. The first kappa shape index (κ1) is 12.7. The van der Waals surface area contributed by atoms with Crippen LogP contribution in [-0.2, 0) is 4.79 Å². The number of imide groups is 1. The van der Waals surface area contributed by atoms with Gasteiger partial charge in [0.05, 0.1) is 5.69 Å². The number of alkyl halides is 1. The van der Waals surface area contributed by atoms with Crippen LogP contribution in [-0.4, -0.2) is 17.8 Å². The van der Waals surface area contributed by atoms with Gasteiger partial charge in [-0.15, -0.1) is 11.6 Å². The van der Waals surface area contributed by atoms with Crippen LogP contribution in [0, 0.1) is 5.82 Å². The summed E-state index contributed by atoms with van der Waals surface area (Å²) in [4.78, 5) is 21.9.